The first-order chi connectivity index (χ1) is 14.0. The molecule has 6 heteroatoms. The zero-order chi connectivity index (χ0) is 21.1. The lowest BCUT2D eigenvalue weighted by molar-refractivity contribution is 0.168. The van der Waals surface area contributed by atoms with Crippen molar-refractivity contribution in [2.75, 3.05) is 20.1 Å². The van der Waals surface area contributed by atoms with E-state index in [0.717, 1.165) is 24.6 Å². The maximum Gasteiger partial charge on any atom is 0.191 e. The fourth-order valence-electron chi connectivity index (χ4n) is 2.99. The van der Waals surface area contributed by atoms with Gasteiger partial charge in [0.05, 0.1) is 12.6 Å². The Morgan fingerprint density at radius 1 is 1.00 bits per heavy atom. The van der Waals surface area contributed by atoms with Gasteiger partial charge in [-0.05, 0) is 50.9 Å². The number of hydrogen-bond donors (Lipinski definition) is 3. The van der Waals surface area contributed by atoms with Gasteiger partial charge in [0, 0.05) is 25.7 Å². The molecule has 2 aromatic rings. The Hall–Kier alpha value is -1.64. The molecule has 0 aromatic heterocycles. The van der Waals surface area contributed by atoms with Gasteiger partial charge in [-0.25, -0.2) is 4.99 Å². The summed E-state index contributed by atoms with van der Waals surface area (Å²) >= 11 is 0. The van der Waals surface area contributed by atoms with Gasteiger partial charge in [0.2, 0.25) is 0 Å². The van der Waals surface area contributed by atoms with Gasteiger partial charge in [-0.15, -0.1) is 24.0 Å². The minimum Gasteiger partial charge on any atom is -0.388 e. The van der Waals surface area contributed by atoms with Crippen LogP contribution in [0.15, 0.2) is 59.6 Å². The van der Waals surface area contributed by atoms with Gasteiger partial charge in [-0.3, -0.25) is 4.90 Å². The summed E-state index contributed by atoms with van der Waals surface area (Å²) < 4.78 is 0. The molecule has 0 saturated heterocycles. The number of guanidine groups is 1. The molecule has 0 saturated carbocycles. The number of hydrogen-bond acceptors (Lipinski definition) is 3. The fraction of sp³-hybridized carbons (Fsp3) is 0.458. The second-order valence-corrected chi connectivity index (χ2v) is 7.61. The van der Waals surface area contributed by atoms with E-state index < -0.39 is 6.10 Å². The van der Waals surface area contributed by atoms with Crippen LogP contribution in [-0.2, 0) is 13.1 Å². The zero-order valence-electron chi connectivity index (χ0n) is 18.6. The SMILES string of the molecule is CCNC(=NCc1ccccc1CN(C)C(C)C)NCCC(O)c1ccccc1.I. The molecule has 3 N–H and O–H groups in total. The molecule has 1 unspecified atom stereocenters. The van der Waals surface area contributed by atoms with E-state index in [0.29, 0.717) is 25.6 Å². The van der Waals surface area contributed by atoms with Crippen molar-refractivity contribution in [1.29, 1.82) is 0 Å². The Labute approximate surface area is 199 Å². The quantitative estimate of drug-likeness (QED) is 0.246. The third-order valence-electron chi connectivity index (χ3n) is 5.07. The van der Waals surface area contributed by atoms with Crippen LogP contribution in [0.1, 0.15) is 50.0 Å². The van der Waals surface area contributed by atoms with Crippen LogP contribution < -0.4 is 10.6 Å². The standard InChI is InChI=1S/C24H36N4O.HI/c1-5-25-24(26-16-15-23(29)20-11-7-6-8-12-20)27-17-21-13-9-10-14-22(21)18-28(4)19(2)3;/h6-14,19,23,29H,5,15-18H2,1-4H3,(H2,25,26,27);1H. The molecule has 0 radical (unpaired) electrons. The number of benzene rings is 2. The maximum absolute atomic E-state index is 10.3. The first-order valence-corrected chi connectivity index (χ1v) is 10.5. The molecular weight excluding hydrogens is 487 g/mol. The Bertz CT molecular complexity index is 752. The molecule has 5 nitrogen and oxygen atoms in total. The van der Waals surface area contributed by atoms with Crippen molar-refractivity contribution in [2.24, 2.45) is 4.99 Å². The molecule has 0 amide bonds. The van der Waals surface area contributed by atoms with Gasteiger partial charge >= 0.3 is 0 Å². The van der Waals surface area contributed by atoms with Crippen molar-refractivity contribution in [3.63, 3.8) is 0 Å². The fourth-order valence-corrected chi connectivity index (χ4v) is 2.99. The Balaban J connectivity index is 0.00000450. The van der Waals surface area contributed by atoms with Crippen molar-refractivity contribution in [1.82, 2.24) is 15.5 Å². The lowest BCUT2D eigenvalue weighted by Gasteiger charge is -2.22. The molecule has 0 spiro atoms. The highest BCUT2D eigenvalue weighted by molar-refractivity contribution is 14.0. The average Bonchev–Trinajstić information content (AvgIpc) is 2.73. The molecule has 2 rings (SSSR count). The van der Waals surface area contributed by atoms with Gasteiger partial charge in [0.25, 0.3) is 0 Å². The summed E-state index contributed by atoms with van der Waals surface area (Å²) in [6.45, 7) is 9.46. The molecule has 0 heterocycles. The van der Waals surface area contributed by atoms with Gasteiger partial charge in [-0.2, -0.15) is 0 Å². The molecule has 0 fully saturated rings. The van der Waals surface area contributed by atoms with Crippen LogP contribution in [0.3, 0.4) is 0 Å². The minimum atomic E-state index is -0.473. The van der Waals surface area contributed by atoms with E-state index in [2.05, 4.69) is 67.6 Å². The summed E-state index contributed by atoms with van der Waals surface area (Å²) in [4.78, 5) is 7.09. The first kappa shape index (κ1) is 26.4. The highest BCUT2D eigenvalue weighted by atomic mass is 127. The van der Waals surface area contributed by atoms with E-state index in [1.165, 1.54) is 11.1 Å². The van der Waals surface area contributed by atoms with Crippen LogP contribution >= 0.6 is 24.0 Å². The molecule has 0 aliphatic rings. The van der Waals surface area contributed by atoms with E-state index in [1.54, 1.807) is 0 Å². The highest BCUT2D eigenvalue weighted by Crippen LogP contribution is 2.15. The Kier molecular flexibility index (Phi) is 12.7. The lowest BCUT2D eigenvalue weighted by Crippen LogP contribution is -2.38. The van der Waals surface area contributed by atoms with E-state index >= 15 is 0 Å². The van der Waals surface area contributed by atoms with Crippen LogP contribution in [0.5, 0.6) is 0 Å². The van der Waals surface area contributed by atoms with Crippen molar-refractivity contribution in [3.8, 4) is 0 Å². The molecule has 30 heavy (non-hydrogen) atoms. The Morgan fingerprint density at radius 2 is 1.63 bits per heavy atom. The van der Waals surface area contributed by atoms with E-state index in [9.17, 15) is 5.11 Å². The smallest absolute Gasteiger partial charge is 0.191 e. The minimum absolute atomic E-state index is 0. The van der Waals surface area contributed by atoms with Crippen LogP contribution in [0.2, 0.25) is 0 Å². The molecule has 166 valence electrons. The molecule has 0 aliphatic heterocycles. The van der Waals surface area contributed by atoms with Crippen molar-refractivity contribution in [2.45, 2.75) is 52.4 Å². The normalized spacial score (nSPS) is 12.6. The van der Waals surface area contributed by atoms with Crippen LogP contribution in [0.4, 0.5) is 0 Å². The summed E-state index contributed by atoms with van der Waals surface area (Å²) in [6, 6.07) is 18.8. The van der Waals surface area contributed by atoms with Crippen LogP contribution in [0.25, 0.3) is 0 Å². The number of halogens is 1. The number of aliphatic hydroxyl groups excluding tert-OH is 1. The van der Waals surface area contributed by atoms with Gasteiger partial charge in [0.15, 0.2) is 5.96 Å². The number of aliphatic imine (C=N–C) groups is 1. The number of rotatable bonds is 10. The summed E-state index contributed by atoms with van der Waals surface area (Å²) in [5.74, 6) is 0.778. The zero-order valence-corrected chi connectivity index (χ0v) is 21.0. The second-order valence-electron chi connectivity index (χ2n) is 7.61. The number of nitrogens with zero attached hydrogens (tertiary/aromatic N) is 2. The number of aliphatic hydroxyl groups is 1. The average molecular weight is 524 g/mol. The summed E-state index contributed by atoms with van der Waals surface area (Å²) in [5, 5.41) is 17.0. The van der Waals surface area contributed by atoms with Crippen molar-refractivity contribution >= 4 is 29.9 Å². The van der Waals surface area contributed by atoms with Crippen molar-refractivity contribution in [3.05, 3.63) is 71.3 Å². The summed E-state index contributed by atoms with van der Waals surface area (Å²) in [6.07, 6.45) is 0.156. The predicted molar refractivity (Wildman–Crippen MR) is 137 cm³/mol. The molecule has 1 atom stereocenters. The molecule has 0 aliphatic carbocycles. The molecule has 0 bridgehead atoms. The van der Waals surface area contributed by atoms with Gasteiger partial charge in [0.1, 0.15) is 0 Å². The van der Waals surface area contributed by atoms with E-state index in [1.807, 2.05) is 30.3 Å². The molecular formula is C24H37IN4O. The number of nitrogens with one attached hydrogen (secondary N) is 2. The highest BCUT2D eigenvalue weighted by Gasteiger charge is 2.09. The summed E-state index contributed by atoms with van der Waals surface area (Å²) in [7, 11) is 2.15. The summed E-state index contributed by atoms with van der Waals surface area (Å²) in [5.41, 5.74) is 3.49. The van der Waals surface area contributed by atoms with Crippen LogP contribution in [-0.4, -0.2) is 42.1 Å². The van der Waals surface area contributed by atoms with Gasteiger partial charge < -0.3 is 15.7 Å². The van der Waals surface area contributed by atoms with Crippen molar-refractivity contribution < 1.29 is 5.11 Å². The monoisotopic (exact) mass is 524 g/mol. The Morgan fingerprint density at radius 3 is 2.27 bits per heavy atom. The largest absolute Gasteiger partial charge is 0.388 e. The topological polar surface area (TPSA) is 59.9 Å². The molecule has 2 aromatic carbocycles. The van der Waals surface area contributed by atoms with Crippen LogP contribution in [0, 0.1) is 0 Å². The second kappa shape index (κ2) is 14.4. The third-order valence-corrected chi connectivity index (χ3v) is 5.07. The van der Waals surface area contributed by atoms with E-state index in [-0.39, 0.29) is 24.0 Å². The first-order valence-electron chi connectivity index (χ1n) is 10.5. The van der Waals surface area contributed by atoms with Gasteiger partial charge in [-0.1, -0.05) is 54.6 Å². The predicted octanol–water partition coefficient (Wildman–Crippen LogP) is 4.32. The lowest BCUT2D eigenvalue weighted by atomic mass is 10.1. The van der Waals surface area contributed by atoms with E-state index in [4.69, 9.17) is 4.99 Å². The maximum atomic E-state index is 10.3. The third kappa shape index (κ3) is 9.02.